The molecule has 1 N–H and O–H groups in total. The van der Waals surface area contributed by atoms with E-state index in [0.29, 0.717) is 10.5 Å². The Kier molecular flexibility index (Phi) is 4.03. The lowest BCUT2D eigenvalue weighted by Gasteiger charge is -2.37. The number of rotatable bonds is 1. The molecule has 4 heteroatoms. The van der Waals surface area contributed by atoms with E-state index in [1.807, 2.05) is 11.8 Å². The largest absolute Gasteiger partial charge is 0.339 e. The monoisotopic (exact) mass is 290 g/mol. The molecule has 3 atom stereocenters. The van der Waals surface area contributed by atoms with Gasteiger partial charge < -0.3 is 10.2 Å². The molecular formula is C16H22N2OS. The summed E-state index contributed by atoms with van der Waals surface area (Å²) in [6, 6.07) is 8.37. The summed E-state index contributed by atoms with van der Waals surface area (Å²) in [5, 5.41) is 4.48. The maximum absolute atomic E-state index is 12.7. The van der Waals surface area contributed by atoms with Crippen LogP contribution in [0.5, 0.6) is 0 Å². The quantitative estimate of drug-likeness (QED) is 0.859. The molecule has 0 saturated carbocycles. The van der Waals surface area contributed by atoms with Crippen molar-refractivity contribution in [1.29, 1.82) is 0 Å². The second kappa shape index (κ2) is 5.78. The van der Waals surface area contributed by atoms with Crippen LogP contribution in [-0.2, 0) is 17.8 Å². The highest BCUT2D eigenvalue weighted by atomic mass is 32.2. The van der Waals surface area contributed by atoms with Crippen LogP contribution in [0.4, 0.5) is 0 Å². The van der Waals surface area contributed by atoms with E-state index in [1.54, 1.807) is 0 Å². The summed E-state index contributed by atoms with van der Waals surface area (Å²) in [5.41, 5.74) is 2.64. The summed E-state index contributed by atoms with van der Waals surface area (Å²) in [4.78, 5) is 14.8. The molecule has 2 heterocycles. The van der Waals surface area contributed by atoms with Crippen molar-refractivity contribution in [2.45, 2.75) is 43.4 Å². The molecule has 1 aromatic carbocycles. The predicted molar refractivity (Wildman–Crippen MR) is 83.9 cm³/mol. The molecule has 2 unspecified atom stereocenters. The predicted octanol–water partition coefficient (Wildman–Crippen LogP) is 2.05. The zero-order chi connectivity index (χ0) is 14.1. The number of thioether (sulfide) groups is 1. The van der Waals surface area contributed by atoms with Crippen LogP contribution in [0.15, 0.2) is 24.3 Å². The fraction of sp³-hybridized carbons (Fsp3) is 0.562. The first-order chi connectivity index (χ1) is 9.63. The van der Waals surface area contributed by atoms with E-state index >= 15 is 0 Å². The molecule has 2 aliphatic rings. The number of nitrogens with one attached hydrogen (secondary N) is 1. The summed E-state index contributed by atoms with van der Waals surface area (Å²) < 4.78 is 0. The van der Waals surface area contributed by atoms with Crippen molar-refractivity contribution < 1.29 is 4.79 Å². The van der Waals surface area contributed by atoms with E-state index in [2.05, 4.69) is 48.3 Å². The van der Waals surface area contributed by atoms with Crippen molar-refractivity contribution in [2.75, 3.05) is 13.1 Å². The van der Waals surface area contributed by atoms with E-state index in [0.717, 1.165) is 26.1 Å². The van der Waals surface area contributed by atoms with Gasteiger partial charge >= 0.3 is 0 Å². The van der Waals surface area contributed by atoms with Crippen molar-refractivity contribution in [3.05, 3.63) is 35.4 Å². The van der Waals surface area contributed by atoms with E-state index in [1.165, 1.54) is 11.1 Å². The van der Waals surface area contributed by atoms with Crippen molar-refractivity contribution in [3.8, 4) is 0 Å². The number of carbonyl (C=O) groups excluding carboxylic acids is 1. The summed E-state index contributed by atoms with van der Waals surface area (Å²) in [7, 11) is 0. The Bertz CT molecular complexity index is 495. The van der Waals surface area contributed by atoms with Crippen LogP contribution in [0.3, 0.4) is 0 Å². The molecule has 108 valence electrons. The average Bonchev–Trinajstić information content (AvgIpc) is 2.45. The minimum atomic E-state index is -0.0487. The fourth-order valence-corrected chi connectivity index (χ4v) is 4.53. The zero-order valence-corrected chi connectivity index (χ0v) is 13.0. The number of hydrogen-bond acceptors (Lipinski definition) is 3. The topological polar surface area (TPSA) is 32.3 Å². The van der Waals surface area contributed by atoms with Crippen molar-refractivity contribution in [1.82, 2.24) is 10.2 Å². The lowest BCUT2D eigenvalue weighted by atomic mass is 9.95. The van der Waals surface area contributed by atoms with Gasteiger partial charge in [-0.25, -0.2) is 0 Å². The van der Waals surface area contributed by atoms with Crippen LogP contribution in [0.25, 0.3) is 0 Å². The standard InChI is InChI=1S/C16H22N2OS/c1-11-9-18(10-12(2)20-11)16(19)15-7-13-5-3-4-6-14(13)8-17-15/h3-6,11-12,15,17H,7-10H2,1-2H3/t11?,12?,15-/m1/s1. The molecule has 2 aliphatic heterocycles. The Labute approximate surface area is 125 Å². The molecule has 3 rings (SSSR count). The number of benzene rings is 1. The van der Waals surface area contributed by atoms with Crippen LogP contribution in [0.2, 0.25) is 0 Å². The smallest absolute Gasteiger partial charge is 0.240 e. The SMILES string of the molecule is CC1CN(C(=O)[C@H]2Cc3ccccc3CN2)CC(C)S1. The first kappa shape index (κ1) is 14.0. The van der Waals surface area contributed by atoms with Crippen LogP contribution >= 0.6 is 11.8 Å². The Morgan fingerprint density at radius 2 is 1.85 bits per heavy atom. The fourth-order valence-electron chi connectivity index (χ4n) is 3.21. The third kappa shape index (κ3) is 2.86. The van der Waals surface area contributed by atoms with Crippen molar-refractivity contribution >= 4 is 17.7 Å². The highest BCUT2D eigenvalue weighted by Crippen LogP contribution is 2.26. The first-order valence-electron chi connectivity index (χ1n) is 7.38. The molecule has 1 aromatic rings. The molecule has 0 aromatic heterocycles. The highest BCUT2D eigenvalue weighted by Gasteiger charge is 2.32. The lowest BCUT2D eigenvalue weighted by molar-refractivity contribution is -0.133. The third-order valence-corrected chi connectivity index (χ3v) is 5.34. The van der Waals surface area contributed by atoms with Gasteiger partial charge in [-0.3, -0.25) is 4.79 Å². The maximum Gasteiger partial charge on any atom is 0.240 e. The number of hydrogen-bond donors (Lipinski definition) is 1. The van der Waals surface area contributed by atoms with Gasteiger partial charge in [-0.1, -0.05) is 38.1 Å². The molecule has 20 heavy (non-hydrogen) atoms. The summed E-state index contributed by atoms with van der Waals surface area (Å²) in [5.74, 6) is 0.276. The minimum absolute atomic E-state index is 0.0487. The Morgan fingerprint density at radius 3 is 2.55 bits per heavy atom. The molecule has 1 fully saturated rings. The second-order valence-corrected chi connectivity index (χ2v) is 7.79. The number of nitrogens with zero attached hydrogens (tertiary/aromatic N) is 1. The van der Waals surface area contributed by atoms with Crippen LogP contribution in [-0.4, -0.2) is 40.4 Å². The van der Waals surface area contributed by atoms with Gasteiger partial charge in [-0.2, -0.15) is 11.8 Å². The van der Waals surface area contributed by atoms with Crippen LogP contribution in [0, 0.1) is 0 Å². The van der Waals surface area contributed by atoms with E-state index < -0.39 is 0 Å². The summed E-state index contributed by atoms with van der Waals surface area (Å²) >= 11 is 1.98. The van der Waals surface area contributed by atoms with Gasteiger partial charge in [0.05, 0.1) is 6.04 Å². The van der Waals surface area contributed by atoms with Gasteiger partial charge in [0.25, 0.3) is 0 Å². The van der Waals surface area contributed by atoms with Crippen LogP contribution in [0.1, 0.15) is 25.0 Å². The van der Waals surface area contributed by atoms with Gasteiger partial charge in [0, 0.05) is 30.1 Å². The van der Waals surface area contributed by atoms with E-state index in [9.17, 15) is 4.79 Å². The molecular weight excluding hydrogens is 268 g/mol. The van der Waals surface area contributed by atoms with Crippen molar-refractivity contribution in [2.24, 2.45) is 0 Å². The normalized spacial score (nSPS) is 29.9. The van der Waals surface area contributed by atoms with Gasteiger partial charge in [0.15, 0.2) is 0 Å². The molecule has 3 nitrogen and oxygen atoms in total. The maximum atomic E-state index is 12.7. The molecule has 0 aliphatic carbocycles. The first-order valence-corrected chi connectivity index (χ1v) is 8.32. The average molecular weight is 290 g/mol. The second-order valence-electron chi connectivity index (χ2n) is 5.91. The Hall–Kier alpha value is -1.00. The number of carbonyl (C=O) groups is 1. The summed E-state index contributed by atoms with van der Waals surface area (Å²) in [6.07, 6.45) is 0.821. The minimum Gasteiger partial charge on any atom is -0.339 e. The molecule has 0 radical (unpaired) electrons. The van der Waals surface area contributed by atoms with Gasteiger partial charge in [-0.05, 0) is 17.5 Å². The molecule has 0 spiro atoms. The highest BCUT2D eigenvalue weighted by molar-refractivity contribution is 8.00. The molecule has 0 bridgehead atoms. The van der Waals surface area contributed by atoms with Crippen molar-refractivity contribution in [3.63, 3.8) is 0 Å². The Morgan fingerprint density at radius 1 is 1.20 bits per heavy atom. The number of amides is 1. The van der Waals surface area contributed by atoms with Gasteiger partial charge in [0.1, 0.15) is 0 Å². The third-order valence-electron chi connectivity index (χ3n) is 4.11. The molecule has 1 amide bonds. The lowest BCUT2D eigenvalue weighted by Crippen LogP contribution is -2.53. The van der Waals surface area contributed by atoms with Gasteiger partial charge in [-0.15, -0.1) is 0 Å². The van der Waals surface area contributed by atoms with Crippen LogP contribution < -0.4 is 5.32 Å². The summed E-state index contributed by atoms with van der Waals surface area (Å²) in [6.45, 7) is 7.00. The zero-order valence-electron chi connectivity index (χ0n) is 12.1. The van der Waals surface area contributed by atoms with E-state index in [-0.39, 0.29) is 11.9 Å². The van der Waals surface area contributed by atoms with E-state index in [4.69, 9.17) is 0 Å². The Balaban J connectivity index is 1.69. The number of fused-ring (bicyclic) bond motifs is 1. The van der Waals surface area contributed by atoms with Gasteiger partial charge in [0.2, 0.25) is 5.91 Å². The molecule has 1 saturated heterocycles.